The monoisotopic (exact) mass is 587 g/mol. The number of halogens is 1. The van der Waals surface area contributed by atoms with Crippen LogP contribution in [-0.2, 0) is 20.7 Å². The average Bonchev–Trinajstić information content (AvgIpc) is 3.54. The summed E-state index contributed by atoms with van der Waals surface area (Å²) in [5.74, 6) is 0.922. The minimum atomic E-state index is -0.769. The number of pyridine rings is 1. The maximum atomic E-state index is 14.4. The van der Waals surface area contributed by atoms with E-state index in [1.807, 2.05) is 0 Å². The second-order valence-electron chi connectivity index (χ2n) is 10.3. The lowest BCUT2D eigenvalue weighted by Crippen LogP contribution is -2.35. The molecule has 1 amide bonds. The van der Waals surface area contributed by atoms with Gasteiger partial charge < -0.3 is 24.7 Å². The molecule has 1 aliphatic rings. The van der Waals surface area contributed by atoms with Crippen LogP contribution in [0.5, 0.6) is 23.0 Å². The molecular weight excluding hydrogens is 553 g/mol. The molecule has 0 saturated heterocycles. The van der Waals surface area contributed by atoms with Gasteiger partial charge in [0.2, 0.25) is 0 Å². The summed E-state index contributed by atoms with van der Waals surface area (Å²) in [4.78, 5) is 29.1. The van der Waals surface area contributed by atoms with Crippen LogP contribution in [0, 0.1) is 0 Å². The van der Waals surface area contributed by atoms with Crippen LogP contribution in [-0.4, -0.2) is 42.7 Å². The predicted molar refractivity (Wildman–Crippen MR) is 160 cm³/mol. The molecule has 0 aliphatic heterocycles. The molecule has 224 valence electrons. The smallest absolute Gasteiger partial charge is 0.323 e. The van der Waals surface area contributed by atoms with E-state index < -0.39 is 17.9 Å². The van der Waals surface area contributed by atoms with Crippen molar-refractivity contribution in [2.24, 2.45) is 5.73 Å². The van der Waals surface area contributed by atoms with Crippen molar-refractivity contribution in [3.8, 4) is 23.0 Å². The van der Waals surface area contributed by atoms with Crippen LogP contribution in [0.15, 0.2) is 79.0 Å². The van der Waals surface area contributed by atoms with Crippen molar-refractivity contribution in [3.63, 3.8) is 0 Å². The molecule has 1 aromatic heterocycles. The number of carbonyl (C=O) groups is 2. The fourth-order valence-corrected chi connectivity index (χ4v) is 4.91. The van der Waals surface area contributed by atoms with Crippen LogP contribution in [0.25, 0.3) is 10.9 Å². The summed E-state index contributed by atoms with van der Waals surface area (Å²) in [5.41, 5.74) is 7.48. The molecule has 5 rings (SSSR count). The molecule has 4 aromatic rings. The van der Waals surface area contributed by atoms with E-state index in [-0.39, 0.29) is 29.9 Å². The number of nitrogens with zero attached hydrogens (tertiary/aromatic N) is 2. The number of benzene rings is 3. The van der Waals surface area contributed by atoms with Crippen LogP contribution in [0.2, 0.25) is 0 Å². The Hall–Kier alpha value is -4.70. The van der Waals surface area contributed by atoms with E-state index in [0.717, 1.165) is 25.7 Å². The number of carbonyl (C=O) groups excluding carboxylic acids is 2. The van der Waals surface area contributed by atoms with E-state index in [1.165, 1.54) is 19.2 Å². The van der Waals surface area contributed by atoms with Gasteiger partial charge in [-0.05, 0) is 67.6 Å². The van der Waals surface area contributed by atoms with Gasteiger partial charge in [-0.2, -0.15) is 0 Å². The lowest BCUT2D eigenvalue weighted by molar-refractivity contribution is -0.150. The molecule has 0 radical (unpaired) electrons. The van der Waals surface area contributed by atoms with Crippen molar-refractivity contribution in [1.29, 1.82) is 0 Å². The zero-order chi connectivity index (χ0) is 30.2. The zero-order valence-electron chi connectivity index (χ0n) is 23.9. The number of ether oxygens (including phenoxy) is 4. The minimum Gasteiger partial charge on any atom is -0.493 e. The van der Waals surface area contributed by atoms with Crippen molar-refractivity contribution in [2.45, 2.75) is 50.7 Å². The summed E-state index contributed by atoms with van der Waals surface area (Å²) in [6.45, 7) is 0.194. The van der Waals surface area contributed by atoms with E-state index in [2.05, 4.69) is 4.98 Å². The number of para-hydroxylation sites is 1. The Kier molecular flexibility index (Phi) is 9.68. The SMILES string of the molecule is COc1cc2c(Oc3ccc(CC(=O)N(F)c4ccccc4)cc3)ccnc2cc1OCCC(N)C(=O)OC1CCCC1. The molecule has 1 unspecified atom stereocenters. The topological polar surface area (TPSA) is 113 Å². The quantitative estimate of drug-likeness (QED) is 0.157. The van der Waals surface area contributed by atoms with E-state index in [0.29, 0.717) is 45.9 Å². The predicted octanol–water partition coefficient (Wildman–Crippen LogP) is 6.08. The molecule has 3 aromatic carbocycles. The average molecular weight is 588 g/mol. The summed E-state index contributed by atoms with van der Waals surface area (Å²) >= 11 is 0. The molecule has 1 fully saturated rings. The number of amides is 1. The van der Waals surface area contributed by atoms with E-state index >= 15 is 0 Å². The normalized spacial score (nSPS) is 13.8. The van der Waals surface area contributed by atoms with Crippen LogP contribution in [0.1, 0.15) is 37.7 Å². The Morgan fingerprint density at radius 3 is 2.47 bits per heavy atom. The second kappa shape index (κ2) is 14.0. The number of hydrogen-bond donors (Lipinski definition) is 1. The number of esters is 1. The number of methoxy groups -OCH3 is 1. The Balaban J connectivity index is 1.21. The molecule has 1 aliphatic carbocycles. The lowest BCUT2D eigenvalue weighted by Gasteiger charge is -2.17. The van der Waals surface area contributed by atoms with Gasteiger partial charge in [0.05, 0.1) is 31.3 Å². The first kappa shape index (κ1) is 29.8. The number of nitrogens with two attached hydrogens (primary N) is 1. The summed E-state index contributed by atoms with van der Waals surface area (Å²) < 4.78 is 37.5. The summed E-state index contributed by atoms with van der Waals surface area (Å²) in [5, 5.41) is 0.844. The van der Waals surface area contributed by atoms with Crippen molar-refractivity contribution in [1.82, 2.24) is 4.98 Å². The van der Waals surface area contributed by atoms with Crippen LogP contribution in [0.3, 0.4) is 0 Å². The van der Waals surface area contributed by atoms with Gasteiger partial charge in [-0.25, -0.2) is 0 Å². The third-order valence-electron chi connectivity index (χ3n) is 7.27. The molecule has 0 spiro atoms. The second-order valence-corrected chi connectivity index (χ2v) is 10.3. The minimum absolute atomic E-state index is 0.0306. The molecule has 1 saturated carbocycles. The first-order valence-corrected chi connectivity index (χ1v) is 14.3. The lowest BCUT2D eigenvalue weighted by atomic mass is 10.1. The fourth-order valence-electron chi connectivity index (χ4n) is 4.91. The number of fused-ring (bicyclic) bond motifs is 1. The highest BCUT2D eigenvalue weighted by atomic mass is 19.2. The van der Waals surface area contributed by atoms with Gasteiger partial charge in [-0.3, -0.25) is 14.6 Å². The first-order chi connectivity index (χ1) is 20.9. The van der Waals surface area contributed by atoms with Gasteiger partial charge in [0.15, 0.2) is 11.5 Å². The fraction of sp³-hybridized carbons (Fsp3) is 0.303. The largest absolute Gasteiger partial charge is 0.493 e. The molecule has 1 heterocycles. The molecule has 0 bridgehead atoms. The van der Waals surface area contributed by atoms with E-state index in [4.69, 9.17) is 24.7 Å². The molecule has 9 nitrogen and oxygen atoms in total. The Bertz CT molecular complexity index is 1540. The van der Waals surface area contributed by atoms with Gasteiger partial charge in [0.25, 0.3) is 5.91 Å². The highest BCUT2D eigenvalue weighted by Gasteiger charge is 2.23. The van der Waals surface area contributed by atoms with Crippen molar-refractivity contribution >= 4 is 28.5 Å². The third kappa shape index (κ3) is 7.58. The van der Waals surface area contributed by atoms with Crippen LogP contribution >= 0.6 is 0 Å². The van der Waals surface area contributed by atoms with E-state index in [9.17, 15) is 14.1 Å². The standard InChI is InChI=1S/C33H34FN3O6/c1-40-30-20-26-28(21-31(30)41-18-16-27(35)33(39)43-24-9-5-6-10-24)36-17-15-29(26)42-25-13-11-22(12-14-25)19-32(38)37(34)23-7-3-2-4-8-23/h2-4,7-8,11-15,17,20-21,24,27H,5-6,9-10,16,18-19,35H2,1H3. The van der Waals surface area contributed by atoms with Crippen molar-refractivity contribution in [2.75, 3.05) is 18.8 Å². The molecule has 2 N–H and O–H groups in total. The van der Waals surface area contributed by atoms with Gasteiger partial charge in [0.1, 0.15) is 23.6 Å². The summed E-state index contributed by atoms with van der Waals surface area (Å²) in [7, 11) is 1.53. The molecule has 10 heteroatoms. The van der Waals surface area contributed by atoms with Crippen molar-refractivity contribution in [3.05, 3.63) is 84.6 Å². The molecule has 43 heavy (non-hydrogen) atoms. The number of hydrogen-bond acceptors (Lipinski definition) is 8. The maximum Gasteiger partial charge on any atom is 0.323 e. The highest BCUT2D eigenvalue weighted by Crippen LogP contribution is 2.37. The van der Waals surface area contributed by atoms with Gasteiger partial charge >= 0.3 is 5.97 Å². The molecular formula is C33H34FN3O6. The Labute approximate surface area is 249 Å². The Morgan fingerprint density at radius 2 is 1.74 bits per heavy atom. The van der Waals surface area contributed by atoms with E-state index in [1.54, 1.807) is 66.9 Å². The highest BCUT2D eigenvalue weighted by molar-refractivity contribution is 5.92. The zero-order valence-corrected chi connectivity index (χ0v) is 23.9. The van der Waals surface area contributed by atoms with Gasteiger partial charge in [0, 0.05) is 24.1 Å². The number of anilines is 1. The Morgan fingerprint density at radius 1 is 1.00 bits per heavy atom. The number of aromatic nitrogens is 1. The van der Waals surface area contributed by atoms with Gasteiger partial charge in [-0.15, -0.1) is 5.12 Å². The third-order valence-corrected chi connectivity index (χ3v) is 7.27. The first-order valence-electron chi connectivity index (χ1n) is 14.3. The maximum absolute atomic E-state index is 14.4. The van der Waals surface area contributed by atoms with Crippen molar-refractivity contribution < 1.29 is 33.0 Å². The van der Waals surface area contributed by atoms with Gasteiger partial charge in [-0.1, -0.05) is 34.8 Å². The molecule has 1 atom stereocenters. The van der Waals surface area contributed by atoms with Crippen LogP contribution < -0.4 is 25.1 Å². The van der Waals surface area contributed by atoms with Crippen LogP contribution in [0.4, 0.5) is 10.2 Å². The number of rotatable bonds is 12. The summed E-state index contributed by atoms with van der Waals surface area (Å²) in [6.07, 6.45) is 5.71. The summed E-state index contributed by atoms with van der Waals surface area (Å²) in [6, 6.07) is 19.5.